The summed E-state index contributed by atoms with van der Waals surface area (Å²) in [4.78, 5) is 11.8. The summed E-state index contributed by atoms with van der Waals surface area (Å²) in [5.41, 5.74) is 2.93. The molecule has 24 heavy (non-hydrogen) atoms. The number of carbonyl (C=O) groups is 1. The monoisotopic (exact) mass is 356 g/mol. The van der Waals surface area contributed by atoms with E-state index >= 15 is 0 Å². The van der Waals surface area contributed by atoms with Crippen LogP contribution in [0.25, 0.3) is 0 Å². The molecule has 0 spiro atoms. The van der Waals surface area contributed by atoms with Crippen LogP contribution in [0, 0.1) is 5.92 Å². The third-order valence-electron chi connectivity index (χ3n) is 3.71. The van der Waals surface area contributed by atoms with Gasteiger partial charge in [-0.15, -0.1) is 0 Å². The highest BCUT2D eigenvalue weighted by Crippen LogP contribution is 2.36. The van der Waals surface area contributed by atoms with Crippen molar-refractivity contribution in [3.63, 3.8) is 0 Å². The molecule has 9 heteroatoms. The van der Waals surface area contributed by atoms with Crippen LogP contribution in [0.5, 0.6) is 17.2 Å². The number of rotatable bonds is 6. The maximum absolute atomic E-state index is 11.8. The van der Waals surface area contributed by atoms with Gasteiger partial charge in [-0.05, 0) is 24.5 Å². The first kappa shape index (κ1) is 18.1. The van der Waals surface area contributed by atoms with E-state index in [4.69, 9.17) is 9.47 Å². The average Bonchev–Trinajstić information content (AvgIpc) is 2.87. The number of methoxy groups -OCH3 is 2. The van der Waals surface area contributed by atoms with Gasteiger partial charge in [-0.3, -0.25) is 4.79 Å². The minimum absolute atomic E-state index is 0.0521. The van der Waals surface area contributed by atoms with Gasteiger partial charge in [0.15, 0.2) is 21.3 Å². The average molecular weight is 356 g/mol. The molecular weight excluding hydrogens is 336 g/mol. The number of ether oxygens (including phenoxy) is 2. The fourth-order valence-corrected chi connectivity index (χ4v) is 4.37. The number of nitrogens with zero attached hydrogens (tertiary/aromatic N) is 1. The van der Waals surface area contributed by atoms with Crippen molar-refractivity contribution in [2.75, 3.05) is 25.7 Å². The van der Waals surface area contributed by atoms with Gasteiger partial charge in [0.1, 0.15) is 0 Å². The Morgan fingerprint density at radius 1 is 1.38 bits per heavy atom. The number of carbonyl (C=O) groups excluding carboxylic acids is 1. The van der Waals surface area contributed by atoms with Gasteiger partial charge in [-0.25, -0.2) is 13.8 Å². The molecule has 1 atom stereocenters. The molecule has 0 bridgehead atoms. The summed E-state index contributed by atoms with van der Waals surface area (Å²) >= 11 is 0. The molecule has 132 valence electrons. The van der Waals surface area contributed by atoms with Gasteiger partial charge in [0, 0.05) is 12.0 Å². The topological polar surface area (TPSA) is 114 Å². The van der Waals surface area contributed by atoms with E-state index in [1.807, 2.05) is 0 Å². The number of hydrogen-bond acceptors (Lipinski definition) is 7. The number of aromatic hydroxyl groups is 1. The van der Waals surface area contributed by atoms with Crippen molar-refractivity contribution in [2.45, 2.75) is 12.8 Å². The molecule has 1 aliphatic rings. The van der Waals surface area contributed by atoms with Gasteiger partial charge in [0.2, 0.25) is 11.7 Å². The zero-order valence-electron chi connectivity index (χ0n) is 13.5. The number of phenolic OH excluding ortho intramolecular Hbond substituents is 1. The molecule has 1 aromatic rings. The van der Waals surface area contributed by atoms with Crippen LogP contribution in [-0.4, -0.2) is 51.4 Å². The first-order valence-corrected chi connectivity index (χ1v) is 9.14. The van der Waals surface area contributed by atoms with Crippen LogP contribution >= 0.6 is 0 Å². The summed E-state index contributed by atoms with van der Waals surface area (Å²) < 4.78 is 32.8. The Hall–Kier alpha value is -2.29. The van der Waals surface area contributed by atoms with Crippen molar-refractivity contribution in [3.8, 4) is 17.2 Å². The van der Waals surface area contributed by atoms with Crippen LogP contribution in [0.2, 0.25) is 0 Å². The van der Waals surface area contributed by atoms with E-state index in [2.05, 4.69) is 10.5 Å². The van der Waals surface area contributed by atoms with Gasteiger partial charge in [-0.1, -0.05) is 0 Å². The summed E-state index contributed by atoms with van der Waals surface area (Å²) in [6, 6.07) is 3.08. The Morgan fingerprint density at radius 2 is 2.00 bits per heavy atom. The van der Waals surface area contributed by atoms with E-state index in [9.17, 15) is 18.3 Å². The maximum atomic E-state index is 11.8. The molecule has 1 aromatic carbocycles. The normalized spacial score (nSPS) is 19.3. The third kappa shape index (κ3) is 4.60. The highest BCUT2D eigenvalue weighted by molar-refractivity contribution is 7.91. The Morgan fingerprint density at radius 3 is 2.50 bits per heavy atom. The van der Waals surface area contributed by atoms with Crippen LogP contribution in [0.1, 0.15) is 18.4 Å². The Kier molecular flexibility index (Phi) is 5.66. The van der Waals surface area contributed by atoms with Crippen molar-refractivity contribution < 1.29 is 27.8 Å². The molecule has 2 rings (SSSR count). The molecular formula is C15H20N2O6S. The molecule has 2 N–H and O–H groups in total. The van der Waals surface area contributed by atoms with Gasteiger partial charge >= 0.3 is 0 Å². The second-order valence-electron chi connectivity index (χ2n) is 5.54. The summed E-state index contributed by atoms with van der Waals surface area (Å²) in [5, 5.41) is 13.6. The summed E-state index contributed by atoms with van der Waals surface area (Å²) in [7, 11) is -0.175. The Balaban J connectivity index is 1.95. The molecule has 1 aliphatic heterocycles. The first-order valence-electron chi connectivity index (χ1n) is 7.32. The molecule has 8 nitrogen and oxygen atoms in total. The lowest BCUT2D eigenvalue weighted by molar-refractivity contribution is -0.121. The van der Waals surface area contributed by atoms with Crippen molar-refractivity contribution in [1.82, 2.24) is 5.43 Å². The van der Waals surface area contributed by atoms with Gasteiger partial charge in [-0.2, -0.15) is 5.10 Å². The van der Waals surface area contributed by atoms with Crippen LogP contribution < -0.4 is 14.9 Å². The van der Waals surface area contributed by atoms with Gasteiger partial charge in [0.05, 0.1) is 31.9 Å². The quantitative estimate of drug-likeness (QED) is 0.572. The van der Waals surface area contributed by atoms with Gasteiger partial charge in [0.25, 0.3) is 0 Å². The highest BCUT2D eigenvalue weighted by Gasteiger charge is 2.29. The standard InChI is InChI=1S/C15H20N2O6S/c1-22-12-5-11(6-13(23-2)15(12)19)8-16-17-14(18)7-10-3-4-24(20,21)9-10/h5-6,8,10,19H,3-4,7,9H2,1-2H3,(H,17,18)/b16-8+/t10-/m0/s1. The first-order chi connectivity index (χ1) is 11.3. The number of sulfone groups is 1. The molecule has 0 aliphatic carbocycles. The predicted molar refractivity (Wildman–Crippen MR) is 88.3 cm³/mol. The lowest BCUT2D eigenvalue weighted by Gasteiger charge is -2.09. The van der Waals surface area contributed by atoms with Crippen LogP contribution in [0.3, 0.4) is 0 Å². The minimum atomic E-state index is -2.99. The molecule has 1 amide bonds. The van der Waals surface area contributed by atoms with Crippen molar-refractivity contribution >= 4 is 22.0 Å². The second-order valence-corrected chi connectivity index (χ2v) is 7.77. The number of nitrogens with one attached hydrogen (secondary N) is 1. The van der Waals surface area contributed by atoms with E-state index in [-0.39, 0.29) is 47.0 Å². The summed E-state index contributed by atoms with van der Waals surface area (Å²) in [5.74, 6) is 0.0166. The fourth-order valence-electron chi connectivity index (χ4n) is 2.51. The SMILES string of the molecule is COc1cc(/C=N/NC(=O)C[C@@H]2CCS(=O)(=O)C2)cc(OC)c1O. The van der Waals surface area contributed by atoms with Crippen molar-refractivity contribution in [1.29, 1.82) is 0 Å². The predicted octanol–water partition coefficient (Wildman–Crippen LogP) is 0.684. The van der Waals surface area contributed by atoms with E-state index in [0.717, 1.165) is 0 Å². The van der Waals surface area contributed by atoms with Gasteiger partial charge < -0.3 is 14.6 Å². The zero-order valence-corrected chi connectivity index (χ0v) is 14.3. The largest absolute Gasteiger partial charge is 0.502 e. The number of amides is 1. The number of benzene rings is 1. The van der Waals surface area contributed by atoms with E-state index in [1.165, 1.54) is 32.6 Å². The summed E-state index contributed by atoms with van der Waals surface area (Å²) in [6.45, 7) is 0. The Bertz CT molecular complexity index is 719. The van der Waals surface area contributed by atoms with Crippen LogP contribution in [-0.2, 0) is 14.6 Å². The highest BCUT2D eigenvalue weighted by atomic mass is 32.2. The lowest BCUT2D eigenvalue weighted by atomic mass is 10.1. The Labute approximate surface area is 140 Å². The maximum Gasteiger partial charge on any atom is 0.240 e. The fraction of sp³-hybridized carbons (Fsp3) is 0.467. The molecule has 0 saturated carbocycles. The van der Waals surface area contributed by atoms with E-state index in [1.54, 1.807) is 0 Å². The lowest BCUT2D eigenvalue weighted by Crippen LogP contribution is -2.21. The molecule has 0 radical (unpaired) electrons. The van der Waals surface area contributed by atoms with Crippen LogP contribution in [0.4, 0.5) is 0 Å². The molecule has 0 aromatic heterocycles. The smallest absolute Gasteiger partial charge is 0.240 e. The third-order valence-corrected chi connectivity index (χ3v) is 5.54. The second kappa shape index (κ2) is 7.52. The molecule has 0 unspecified atom stereocenters. The number of hydrogen-bond donors (Lipinski definition) is 2. The molecule has 1 heterocycles. The van der Waals surface area contributed by atoms with Crippen molar-refractivity contribution in [2.24, 2.45) is 11.0 Å². The van der Waals surface area contributed by atoms with Crippen LogP contribution in [0.15, 0.2) is 17.2 Å². The number of hydrazone groups is 1. The number of phenols is 1. The van der Waals surface area contributed by atoms with E-state index < -0.39 is 9.84 Å². The molecule has 1 fully saturated rings. The van der Waals surface area contributed by atoms with E-state index in [0.29, 0.717) is 12.0 Å². The van der Waals surface area contributed by atoms with Crippen molar-refractivity contribution in [3.05, 3.63) is 17.7 Å². The zero-order chi connectivity index (χ0) is 17.7. The molecule has 1 saturated heterocycles. The minimum Gasteiger partial charge on any atom is -0.502 e. The summed E-state index contributed by atoms with van der Waals surface area (Å²) in [6.07, 6.45) is 2.01.